The molecule has 2 heterocycles. The van der Waals surface area contributed by atoms with Crippen molar-refractivity contribution in [2.45, 2.75) is 70.4 Å². The zero-order valence-electron chi connectivity index (χ0n) is 12.6. The standard InChI is InChI=1S/C15H26N2O3/c1-3-12-8-4-6-10-16(12)14(20)17-11-7-5-9-15(17,2)13(18)19/h12H,3-11H2,1-2H3,(H,18,19). The van der Waals surface area contributed by atoms with E-state index in [2.05, 4.69) is 6.92 Å². The molecule has 20 heavy (non-hydrogen) atoms. The van der Waals surface area contributed by atoms with Crippen LogP contribution in [0, 0.1) is 0 Å². The van der Waals surface area contributed by atoms with Crippen LogP contribution in [0.5, 0.6) is 0 Å². The van der Waals surface area contributed by atoms with Gasteiger partial charge in [0.15, 0.2) is 0 Å². The topological polar surface area (TPSA) is 60.9 Å². The molecular formula is C15H26N2O3. The Morgan fingerprint density at radius 1 is 1.20 bits per heavy atom. The Morgan fingerprint density at radius 3 is 2.55 bits per heavy atom. The summed E-state index contributed by atoms with van der Waals surface area (Å²) in [6.07, 6.45) is 6.52. The number of hydrogen-bond donors (Lipinski definition) is 1. The highest BCUT2D eigenvalue weighted by molar-refractivity contribution is 5.86. The number of urea groups is 1. The third-order valence-corrected chi connectivity index (χ3v) is 4.93. The minimum atomic E-state index is -1.04. The number of likely N-dealkylation sites (tertiary alicyclic amines) is 2. The predicted molar refractivity (Wildman–Crippen MR) is 76.6 cm³/mol. The summed E-state index contributed by atoms with van der Waals surface area (Å²) in [5, 5.41) is 9.53. The van der Waals surface area contributed by atoms with Crippen LogP contribution >= 0.6 is 0 Å². The van der Waals surface area contributed by atoms with Gasteiger partial charge in [0.05, 0.1) is 0 Å². The maximum atomic E-state index is 12.8. The summed E-state index contributed by atoms with van der Waals surface area (Å²) < 4.78 is 0. The first kappa shape index (κ1) is 15.1. The van der Waals surface area contributed by atoms with Crippen LogP contribution in [-0.4, -0.2) is 51.6 Å². The van der Waals surface area contributed by atoms with E-state index in [1.807, 2.05) is 4.90 Å². The number of piperidine rings is 2. The highest BCUT2D eigenvalue weighted by atomic mass is 16.4. The Labute approximate surface area is 120 Å². The summed E-state index contributed by atoms with van der Waals surface area (Å²) >= 11 is 0. The van der Waals surface area contributed by atoms with Crippen molar-refractivity contribution < 1.29 is 14.7 Å². The Morgan fingerprint density at radius 2 is 1.90 bits per heavy atom. The number of nitrogens with zero attached hydrogens (tertiary/aromatic N) is 2. The summed E-state index contributed by atoms with van der Waals surface area (Å²) in [6.45, 7) is 5.12. The molecule has 0 radical (unpaired) electrons. The molecule has 0 spiro atoms. The van der Waals surface area contributed by atoms with Crippen LogP contribution in [0.15, 0.2) is 0 Å². The lowest BCUT2D eigenvalue weighted by Gasteiger charge is -2.46. The molecule has 114 valence electrons. The fourth-order valence-corrected chi connectivity index (χ4v) is 3.48. The lowest BCUT2D eigenvalue weighted by molar-refractivity contribution is -0.151. The highest BCUT2D eigenvalue weighted by Crippen LogP contribution is 2.31. The maximum absolute atomic E-state index is 12.8. The van der Waals surface area contributed by atoms with Gasteiger partial charge < -0.3 is 14.9 Å². The first-order chi connectivity index (χ1) is 9.50. The van der Waals surface area contributed by atoms with Crippen LogP contribution < -0.4 is 0 Å². The fraction of sp³-hybridized carbons (Fsp3) is 0.867. The molecule has 2 unspecified atom stereocenters. The van der Waals surface area contributed by atoms with Gasteiger partial charge in [-0.3, -0.25) is 0 Å². The van der Waals surface area contributed by atoms with Gasteiger partial charge in [-0.15, -0.1) is 0 Å². The molecule has 0 aromatic heterocycles. The summed E-state index contributed by atoms with van der Waals surface area (Å²) in [5.41, 5.74) is -1.04. The second-order valence-corrected chi connectivity index (χ2v) is 6.22. The molecule has 2 aliphatic heterocycles. The zero-order valence-corrected chi connectivity index (χ0v) is 12.6. The van der Waals surface area contributed by atoms with Gasteiger partial charge in [-0.25, -0.2) is 9.59 Å². The lowest BCUT2D eigenvalue weighted by Crippen LogP contribution is -2.62. The molecule has 0 saturated carbocycles. The van der Waals surface area contributed by atoms with E-state index >= 15 is 0 Å². The average Bonchev–Trinajstić information content (AvgIpc) is 2.47. The lowest BCUT2D eigenvalue weighted by atomic mass is 9.88. The molecule has 5 nitrogen and oxygen atoms in total. The zero-order chi connectivity index (χ0) is 14.8. The monoisotopic (exact) mass is 282 g/mol. The first-order valence-corrected chi connectivity index (χ1v) is 7.82. The van der Waals surface area contributed by atoms with Crippen molar-refractivity contribution in [2.24, 2.45) is 0 Å². The van der Waals surface area contributed by atoms with Crippen molar-refractivity contribution in [3.8, 4) is 0 Å². The number of rotatable bonds is 2. The van der Waals surface area contributed by atoms with E-state index < -0.39 is 11.5 Å². The minimum Gasteiger partial charge on any atom is -0.480 e. The molecule has 0 bridgehead atoms. The molecule has 2 fully saturated rings. The van der Waals surface area contributed by atoms with Crippen molar-refractivity contribution in [1.82, 2.24) is 9.80 Å². The van der Waals surface area contributed by atoms with Crippen molar-refractivity contribution in [3.63, 3.8) is 0 Å². The van der Waals surface area contributed by atoms with Crippen LogP contribution in [0.25, 0.3) is 0 Å². The fourth-order valence-electron chi connectivity index (χ4n) is 3.48. The largest absolute Gasteiger partial charge is 0.480 e. The van der Waals surface area contributed by atoms with Gasteiger partial charge in [0.1, 0.15) is 5.54 Å². The van der Waals surface area contributed by atoms with Crippen LogP contribution in [0.2, 0.25) is 0 Å². The van der Waals surface area contributed by atoms with Crippen LogP contribution in [0.3, 0.4) is 0 Å². The van der Waals surface area contributed by atoms with Crippen molar-refractivity contribution in [1.29, 1.82) is 0 Å². The molecule has 2 rings (SSSR count). The average molecular weight is 282 g/mol. The SMILES string of the molecule is CCC1CCCCN1C(=O)N1CCCCC1(C)C(=O)O. The van der Waals surface area contributed by atoms with Crippen molar-refractivity contribution >= 4 is 12.0 Å². The Hall–Kier alpha value is -1.26. The minimum absolute atomic E-state index is 0.0684. The van der Waals surface area contributed by atoms with Crippen LogP contribution in [0.4, 0.5) is 4.79 Å². The van der Waals surface area contributed by atoms with Gasteiger partial charge in [0.2, 0.25) is 0 Å². The van der Waals surface area contributed by atoms with Crippen molar-refractivity contribution in [3.05, 3.63) is 0 Å². The smallest absolute Gasteiger partial charge is 0.329 e. The second kappa shape index (κ2) is 6.02. The van der Waals surface area contributed by atoms with E-state index in [1.54, 1.807) is 11.8 Å². The number of carbonyl (C=O) groups excluding carboxylic acids is 1. The third-order valence-electron chi connectivity index (χ3n) is 4.93. The molecule has 0 aliphatic carbocycles. The number of amides is 2. The van der Waals surface area contributed by atoms with Crippen LogP contribution in [-0.2, 0) is 4.79 Å². The van der Waals surface area contributed by atoms with E-state index in [0.29, 0.717) is 13.0 Å². The van der Waals surface area contributed by atoms with Gasteiger partial charge in [0.25, 0.3) is 0 Å². The molecule has 0 aromatic carbocycles. The first-order valence-electron chi connectivity index (χ1n) is 7.82. The Bertz CT molecular complexity index is 385. The quantitative estimate of drug-likeness (QED) is 0.847. The van der Waals surface area contributed by atoms with Crippen molar-refractivity contribution in [2.75, 3.05) is 13.1 Å². The predicted octanol–water partition coefficient (Wildman–Crippen LogP) is 2.70. The van der Waals surface area contributed by atoms with Gasteiger partial charge in [0, 0.05) is 19.1 Å². The number of aliphatic carboxylic acids is 1. The Balaban J connectivity index is 2.19. The van der Waals surface area contributed by atoms with Gasteiger partial charge >= 0.3 is 12.0 Å². The van der Waals surface area contributed by atoms with Gasteiger partial charge in [-0.2, -0.15) is 0 Å². The second-order valence-electron chi connectivity index (χ2n) is 6.22. The summed E-state index contributed by atoms with van der Waals surface area (Å²) in [7, 11) is 0. The molecule has 1 N–H and O–H groups in total. The molecule has 5 heteroatoms. The van der Waals surface area contributed by atoms with E-state index in [0.717, 1.165) is 38.6 Å². The van der Waals surface area contributed by atoms with Gasteiger partial charge in [-0.1, -0.05) is 6.92 Å². The Kier molecular flexibility index (Phi) is 4.55. The molecule has 2 amide bonds. The third kappa shape index (κ3) is 2.63. The highest BCUT2D eigenvalue weighted by Gasteiger charge is 2.46. The molecule has 2 aliphatic rings. The summed E-state index contributed by atoms with van der Waals surface area (Å²) in [4.78, 5) is 28.0. The van der Waals surface area contributed by atoms with Crippen LogP contribution in [0.1, 0.15) is 58.8 Å². The molecule has 2 atom stereocenters. The molecule has 2 saturated heterocycles. The number of carboxylic acids is 1. The molecular weight excluding hydrogens is 256 g/mol. The van der Waals surface area contributed by atoms with E-state index in [-0.39, 0.29) is 12.1 Å². The summed E-state index contributed by atoms with van der Waals surface area (Å²) in [5.74, 6) is -0.879. The maximum Gasteiger partial charge on any atom is 0.329 e. The van der Waals surface area contributed by atoms with E-state index in [4.69, 9.17) is 0 Å². The number of hydrogen-bond acceptors (Lipinski definition) is 2. The normalized spacial score (nSPS) is 31.2. The van der Waals surface area contributed by atoms with E-state index in [1.165, 1.54) is 6.42 Å². The number of carbonyl (C=O) groups is 2. The van der Waals surface area contributed by atoms with E-state index in [9.17, 15) is 14.7 Å². The number of carboxylic acid groups (broad SMARTS) is 1. The molecule has 0 aromatic rings. The van der Waals surface area contributed by atoms with Gasteiger partial charge in [-0.05, 0) is 51.9 Å². The summed E-state index contributed by atoms with van der Waals surface area (Å²) in [6, 6.07) is 0.206.